The highest BCUT2D eigenvalue weighted by Crippen LogP contribution is 2.37. The van der Waals surface area contributed by atoms with Gasteiger partial charge in [0.1, 0.15) is 5.82 Å². The Morgan fingerprint density at radius 3 is 2.66 bits per heavy atom. The number of alkyl halides is 3. The van der Waals surface area contributed by atoms with Crippen LogP contribution in [0.2, 0.25) is 5.02 Å². The molecule has 0 spiro atoms. The molecule has 2 atom stereocenters. The summed E-state index contributed by atoms with van der Waals surface area (Å²) in [6, 6.07) is 4.18. The molecule has 29 heavy (non-hydrogen) atoms. The zero-order valence-electron chi connectivity index (χ0n) is 15.6. The molecular formula is C18H20ClF3N6O. The number of aromatic amines is 1. The highest BCUT2D eigenvalue weighted by molar-refractivity contribution is 6.34. The van der Waals surface area contributed by atoms with Crippen LogP contribution >= 0.6 is 11.6 Å². The minimum atomic E-state index is -4.66. The smallest absolute Gasteiger partial charge is 0.342 e. The van der Waals surface area contributed by atoms with E-state index in [2.05, 4.69) is 20.9 Å². The number of rotatable bonds is 4. The molecule has 156 valence electrons. The van der Waals surface area contributed by atoms with Gasteiger partial charge in [-0.05, 0) is 26.0 Å². The normalized spacial score (nSPS) is 20.0. The van der Waals surface area contributed by atoms with Gasteiger partial charge >= 0.3 is 6.18 Å². The number of benzene rings is 1. The van der Waals surface area contributed by atoms with Crippen LogP contribution in [0.25, 0.3) is 0 Å². The van der Waals surface area contributed by atoms with Gasteiger partial charge in [0.05, 0.1) is 34.1 Å². The average Bonchev–Trinajstić information content (AvgIpc) is 3.14. The maximum Gasteiger partial charge on any atom is 0.417 e. The molecule has 0 saturated heterocycles. The van der Waals surface area contributed by atoms with Crippen LogP contribution in [0.15, 0.2) is 41.9 Å². The minimum Gasteiger partial charge on any atom is -0.342 e. The van der Waals surface area contributed by atoms with Gasteiger partial charge in [0.25, 0.3) is 5.91 Å². The molecule has 0 aliphatic carbocycles. The summed E-state index contributed by atoms with van der Waals surface area (Å²) >= 11 is 5.95. The lowest BCUT2D eigenvalue weighted by molar-refractivity contribution is -0.137. The Morgan fingerprint density at radius 1 is 1.34 bits per heavy atom. The summed E-state index contributed by atoms with van der Waals surface area (Å²) in [6.45, 7) is 3.54. The first-order valence-corrected chi connectivity index (χ1v) is 9.17. The number of aromatic nitrogens is 2. The predicted molar refractivity (Wildman–Crippen MR) is 103 cm³/mol. The molecule has 1 aliphatic rings. The van der Waals surface area contributed by atoms with Gasteiger partial charge < -0.3 is 15.6 Å². The third-order valence-electron chi connectivity index (χ3n) is 4.85. The average molecular weight is 429 g/mol. The zero-order chi connectivity index (χ0) is 21.3. The number of anilines is 1. The van der Waals surface area contributed by atoms with E-state index in [1.807, 2.05) is 0 Å². The summed E-state index contributed by atoms with van der Waals surface area (Å²) in [6.07, 6.45) is -2.68. The second-order valence-corrected chi connectivity index (χ2v) is 7.12. The number of nitrogens with one attached hydrogen (secondary N) is 3. The molecule has 0 bridgehead atoms. The Balaban J connectivity index is 1.96. The lowest BCUT2D eigenvalue weighted by Gasteiger charge is -2.41. The van der Waals surface area contributed by atoms with Crippen molar-refractivity contribution in [3.63, 3.8) is 0 Å². The fourth-order valence-electron chi connectivity index (χ4n) is 3.52. The van der Waals surface area contributed by atoms with Crippen LogP contribution in [0.3, 0.4) is 0 Å². The van der Waals surface area contributed by atoms with E-state index in [1.165, 1.54) is 17.0 Å². The number of hydrogen-bond donors (Lipinski definition) is 4. The van der Waals surface area contributed by atoms with E-state index < -0.39 is 28.7 Å². The van der Waals surface area contributed by atoms with Crippen LogP contribution in [0.5, 0.6) is 0 Å². The van der Waals surface area contributed by atoms with Crippen LogP contribution in [-0.4, -0.2) is 33.1 Å². The molecular weight excluding hydrogens is 409 g/mol. The van der Waals surface area contributed by atoms with Crippen molar-refractivity contribution in [3.05, 3.63) is 58.0 Å². The summed E-state index contributed by atoms with van der Waals surface area (Å²) in [5, 5.41) is 9.20. The van der Waals surface area contributed by atoms with Crippen molar-refractivity contribution >= 4 is 23.3 Å². The quantitative estimate of drug-likeness (QED) is 0.441. The summed E-state index contributed by atoms with van der Waals surface area (Å²) in [4.78, 5) is 14.6. The Kier molecular flexibility index (Phi) is 5.76. The summed E-state index contributed by atoms with van der Waals surface area (Å²) in [5.41, 5.74) is 2.63. The Labute approximate surface area is 170 Å². The zero-order valence-corrected chi connectivity index (χ0v) is 16.4. The molecule has 7 nitrogen and oxygen atoms in total. The number of hydrogen-bond acceptors (Lipinski definition) is 5. The van der Waals surface area contributed by atoms with E-state index in [1.54, 1.807) is 26.1 Å². The second kappa shape index (κ2) is 7.96. The molecule has 0 unspecified atom stereocenters. The number of carbonyl (C=O) groups excluding carboxylic acids is 1. The highest BCUT2D eigenvalue weighted by atomic mass is 35.5. The second-order valence-electron chi connectivity index (χ2n) is 6.74. The molecule has 1 aromatic heterocycles. The van der Waals surface area contributed by atoms with E-state index in [0.717, 1.165) is 11.8 Å². The van der Waals surface area contributed by atoms with Crippen LogP contribution in [0.4, 0.5) is 19.0 Å². The van der Waals surface area contributed by atoms with Crippen LogP contribution in [-0.2, 0) is 6.18 Å². The molecule has 1 amide bonds. The van der Waals surface area contributed by atoms with Crippen molar-refractivity contribution in [2.45, 2.75) is 38.5 Å². The monoisotopic (exact) mass is 428 g/mol. The first-order chi connectivity index (χ1) is 13.6. The maximum atomic E-state index is 13.2. The Morgan fingerprint density at radius 2 is 2.07 bits per heavy atom. The van der Waals surface area contributed by atoms with Crippen molar-refractivity contribution in [2.75, 3.05) is 5.32 Å². The van der Waals surface area contributed by atoms with Gasteiger partial charge in [0.15, 0.2) is 0 Å². The summed E-state index contributed by atoms with van der Waals surface area (Å²) in [5.74, 6) is 5.73. The molecule has 3 rings (SSSR count). The van der Waals surface area contributed by atoms with Gasteiger partial charge in [-0.2, -0.15) is 18.3 Å². The van der Waals surface area contributed by atoms with Gasteiger partial charge in [-0.3, -0.25) is 15.7 Å². The minimum absolute atomic E-state index is 0.207. The number of carbonyl (C=O) groups is 1. The van der Waals surface area contributed by atoms with Crippen molar-refractivity contribution in [2.24, 2.45) is 5.84 Å². The van der Waals surface area contributed by atoms with Gasteiger partial charge in [-0.15, -0.1) is 0 Å². The first kappa shape index (κ1) is 21.0. The highest BCUT2D eigenvalue weighted by Gasteiger charge is 2.39. The van der Waals surface area contributed by atoms with Gasteiger partial charge in [-0.25, -0.2) is 0 Å². The number of H-pyrrole nitrogens is 1. The molecule has 2 aromatic rings. The maximum absolute atomic E-state index is 13.2. The molecule has 2 heterocycles. The molecule has 0 radical (unpaired) electrons. The summed E-state index contributed by atoms with van der Waals surface area (Å²) in [7, 11) is 0. The molecule has 1 aliphatic heterocycles. The van der Waals surface area contributed by atoms with Crippen LogP contribution < -0.4 is 16.6 Å². The van der Waals surface area contributed by atoms with E-state index >= 15 is 0 Å². The molecule has 1 aromatic carbocycles. The molecule has 0 fully saturated rings. The van der Waals surface area contributed by atoms with E-state index in [-0.39, 0.29) is 11.6 Å². The fourth-order valence-corrected chi connectivity index (χ4v) is 3.84. The third-order valence-corrected chi connectivity index (χ3v) is 5.25. The van der Waals surface area contributed by atoms with Crippen molar-refractivity contribution in [1.82, 2.24) is 20.5 Å². The largest absolute Gasteiger partial charge is 0.417 e. The van der Waals surface area contributed by atoms with Crippen molar-refractivity contribution < 1.29 is 18.0 Å². The number of nitrogens with two attached hydrogens (primary N) is 1. The van der Waals surface area contributed by atoms with Gasteiger partial charge in [-0.1, -0.05) is 17.7 Å². The van der Waals surface area contributed by atoms with Gasteiger partial charge in [0.2, 0.25) is 0 Å². The third kappa shape index (κ3) is 4.03. The topological polar surface area (TPSA) is 99.1 Å². The fraction of sp³-hybridized carbons (Fsp3) is 0.333. The SMILES string of the molecule is C[C@@H]1CC(Nc2ccn[nH]2)=C(NN)[C@@H](C)N1C(=O)c1cccc(C(F)(F)F)c1Cl. The van der Waals surface area contributed by atoms with Crippen LogP contribution in [0.1, 0.15) is 36.2 Å². The Hall–Kier alpha value is -2.72. The van der Waals surface area contributed by atoms with Crippen LogP contribution in [0, 0.1) is 0 Å². The van der Waals surface area contributed by atoms with E-state index in [9.17, 15) is 18.0 Å². The number of halogens is 4. The van der Waals surface area contributed by atoms with Crippen molar-refractivity contribution in [3.8, 4) is 0 Å². The van der Waals surface area contributed by atoms with E-state index in [4.69, 9.17) is 17.4 Å². The first-order valence-electron chi connectivity index (χ1n) is 8.79. The lowest BCUT2D eigenvalue weighted by atomic mass is 9.96. The molecule has 11 heteroatoms. The number of hydrazine groups is 1. The predicted octanol–water partition coefficient (Wildman–Crippen LogP) is 3.49. The van der Waals surface area contributed by atoms with E-state index in [0.29, 0.717) is 17.9 Å². The van der Waals surface area contributed by atoms with Gasteiger partial charge in [0, 0.05) is 24.2 Å². The lowest BCUT2D eigenvalue weighted by Crippen LogP contribution is -2.53. The molecule has 5 N–H and O–H groups in total. The van der Waals surface area contributed by atoms with Crippen molar-refractivity contribution in [1.29, 1.82) is 0 Å². The standard InChI is InChI=1S/C18H20ClF3N6O/c1-9-8-13(25-14-6-7-24-27-14)16(26-23)10(2)28(9)17(29)11-4-3-5-12(15(11)19)18(20,21)22/h3-7,9-10,26H,8,23H2,1-2H3,(H2,24,25,27)/t9-,10-/m1/s1. The Bertz CT molecular complexity index is 928. The molecule has 0 saturated carbocycles. The summed E-state index contributed by atoms with van der Waals surface area (Å²) < 4.78 is 39.5. The number of nitrogens with zero attached hydrogens (tertiary/aromatic N) is 2. The number of amides is 1.